The van der Waals surface area contributed by atoms with E-state index in [9.17, 15) is 0 Å². The van der Waals surface area contributed by atoms with Crippen LogP contribution >= 0.6 is 0 Å². The molecule has 1 fully saturated rings. The fraction of sp³-hybridized carbons (Fsp3) is 0.500. The highest BCUT2D eigenvalue weighted by atomic mass is 16.5. The van der Waals surface area contributed by atoms with Crippen LogP contribution in [0.5, 0.6) is 5.75 Å². The van der Waals surface area contributed by atoms with Crippen molar-refractivity contribution in [3.63, 3.8) is 0 Å². The van der Waals surface area contributed by atoms with Crippen molar-refractivity contribution in [2.45, 2.75) is 19.1 Å². The first-order chi connectivity index (χ1) is 7.28. The molecule has 1 atom stereocenters. The van der Waals surface area contributed by atoms with Crippen LogP contribution in [-0.4, -0.2) is 36.2 Å². The summed E-state index contributed by atoms with van der Waals surface area (Å²) in [6.07, 6.45) is 1.38. The van der Waals surface area contributed by atoms with Crippen LogP contribution in [0.1, 0.15) is 12.0 Å². The Labute approximate surface area is 90.3 Å². The van der Waals surface area contributed by atoms with E-state index in [1.165, 1.54) is 0 Å². The van der Waals surface area contributed by atoms with Gasteiger partial charge in [0.05, 0.1) is 6.61 Å². The van der Waals surface area contributed by atoms with E-state index >= 15 is 0 Å². The van der Waals surface area contributed by atoms with Crippen molar-refractivity contribution in [3.8, 4) is 5.75 Å². The molecule has 1 heterocycles. The van der Waals surface area contributed by atoms with Crippen molar-refractivity contribution < 1.29 is 9.84 Å². The number of nitrogens with zero attached hydrogens (tertiary/aromatic N) is 1. The SMILES string of the molecule is CN1CCC(Oc2cccc(CO)c2)C1. The minimum Gasteiger partial charge on any atom is -0.489 e. The number of aliphatic hydroxyl groups is 1. The molecule has 1 N–H and O–H groups in total. The largest absolute Gasteiger partial charge is 0.489 e. The minimum absolute atomic E-state index is 0.0712. The summed E-state index contributed by atoms with van der Waals surface area (Å²) in [6.45, 7) is 2.16. The van der Waals surface area contributed by atoms with E-state index in [0.29, 0.717) is 6.10 Å². The van der Waals surface area contributed by atoms with Gasteiger partial charge in [0.1, 0.15) is 11.9 Å². The zero-order chi connectivity index (χ0) is 10.7. The van der Waals surface area contributed by atoms with Crippen molar-refractivity contribution in [1.82, 2.24) is 4.90 Å². The van der Waals surface area contributed by atoms with Crippen LogP contribution in [0.4, 0.5) is 0 Å². The molecule has 1 aromatic rings. The third kappa shape index (κ3) is 2.70. The Morgan fingerprint density at radius 1 is 1.53 bits per heavy atom. The molecule has 0 amide bonds. The number of rotatable bonds is 3. The highest BCUT2D eigenvalue weighted by molar-refractivity contribution is 5.28. The van der Waals surface area contributed by atoms with Gasteiger partial charge in [-0.2, -0.15) is 0 Å². The van der Waals surface area contributed by atoms with Crippen molar-refractivity contribution in [2.75, 3.05) is 20.1 Å². The molecule has 15 heavy (non-hydrogen) atoms. The minimum atomic E-state index is 0.0712. The number of hydrogen-bond acceptors (Lipinski definition) is 3. The Balaban J connectivity index is 1.98. The second-order valence-corrected chi connectivity index (χ2v) is 4.10. The summed E-state index contributed by atoms with van der Waals surface area (Å²) >= 11 is 0. The second-order valence-electron chi connectivity index (χ2n) is 4.10. The molecule has 3 heteroatoms. The van der Waals surface area contributed by atoms with Gasteiger partial charge in [-0.3, -0.25) is 0 Å². The average Bonchev–Trinajstić information content (AvgIpc) is 2.64. The molecule has 0 aromatic heterocycles. The molecule has 0 saturated carbocycles. The smallest absolute Gasteiger partial charge is 0.120 e. The summed E-state index contributed by atoms with van der Waals surface area (Å²) in [5.74, 6) is 0.863. The molecule has 82 valence electrons. The van der Waals surface area contributed by atoms with Gasteiger partial charge in [-0.1, -0.05) is 12.1 Å². The molecule has 1 saturated heterocycles. The number of aliphatic hydroxyl groups excluding tert-OH is 1. The summed E-state index contributed by atoms with van der Waals surface area (Å²) < 4.78 is 5.84. The first-order valence-corrected chi connectivity index (χ1v) is 5.33. The van der Waals surface area contributed by atoms with E-state index in [1.807, 2.05) is 24.3 Å². The Morgan fingerprint density at radius 2 is 2.40 bits per heavy atom. The summed E-state index contributed by atoms with van der Waals surface area (Å²) in [4.78, 5) is 2.26. The van der Waals surface area contributed by atoms with Crippen LogP contribution in [0, 0.1) is 0 Å². The molecule has 3 nitrogen and oxygen atoms in total. The molecular formula is C12H17NO2. The van der Waals surface area contributed by atoms with Gasteiger partial charge in [0.15, 0.2) is 0 Å². The first kappa shape index (κ1) is 10.5. The standard InChI is InChI=1S/C12H17NO2/c1-13-6-5-12(8-13)15-11-4-2-3-10(7-11)9-14/h2-4,7,12,14H,5-6,8-9H2,1H3. The zero-order valence-electron chi connectivity index (χ0n) is 9.02. The van der Waals surface area contributed by atoms with Gasteiger partial charge in [-0.25, -0.2) is 0 Å². The van der Waals surface area contributed by atoms with Crippen molar-refractivity contribution in [2.24, 2.45) is 0 Å². The molecule has 0 bridgehead atoms. The molecule has 0 radical (unpaired) electrons. The lowest BCUT2D eigenvalue weighted by Crippen LogP contribution is -2.21. The molecule has 0 aliphatic carbocycles. The van der Waals surface area contributed by atoms with E-state index in [4.69, 9.17) is 9.84 Å². The summed E-state index contributed by atoms with van der Waals surface area (Å²) in [5.41, 5.74) is 0.902. The normalized spacial score (nSPS) is 21.9. The predicted octanol–water partition coefficient (Wildman–Crippen LogP) is 1.26. The third-order valence-electron chi connectivity index (χ3n) is 2.73. The van der Waals surface area contributed by atoms with Crippen molar-refractivity contribution >= 4 is 0 Å². The molecular weight excluding hydrogens is 190 g/mol. The van der Waals surface area contributed by atoms with Gasteiger partial charge >= 0.3 is 0 Å². The number of hydrogen-bond donors (Lipinski definition) is 1. The maximum atomic E-state index is 9.00. The van der Waals surface area contributed by atoms with Crippen LogP contribution in [0.3, 0.4) is 0 Å². The lowest BCUT2D eigenvalue weighted by Gasteiger charge is -2.14. The summed E-state index contributed by atoms with van der Waals surface area (Å²) in [7, 11) is 2.10. The topological polar surface area (TPSA) is 32.7 Å². The Bertz CT molecular complexity index is 327. The van der Waals surface area contributed by atoms with Crippen LogP contribution in [-0.2, 0) is 6.61 Å². The van der Waals surface area contributed by atoms with Gasteiger partial charge in [-0.05, 0) is 31.2 Å². The Morgan fingerprint density at radius 3 is 3.07 bits per heavy atom. The third-order valence-corrected chi connectivity index (χ3v) is 2.73. The molecule has 1 unspecified atom stereocenters. The number of likely N-dealkylation sites (N-methyl/N-ethyl adjacent to an activating group) is 1. The fourth-order valence-corrected chi connectivity index (χ4v) is 1.90. The Hall–Kier alpha value is -1.06. The lowest BCUT2D eigenvalue weighted by molar-refractivity contribution is 0.207. The number of ether oxygens (including phenoxy) is 1. The summed E-state index contributed by atoms with van der Waals surface area (Å²) in [6, 6.07) is 7.66. The molecule has 1 aromatic carbocycles. The highest BCUT2D eigenvalue weighted by Gasteiger charge is 2.20. The monoisotopic (exact) mass is 207 g/mol. The first-order valence-electron chi connectivity index (χ1n) is 5.33. The second kappa shape index (κ2) is 4.64. The van der Waals surface area contributed by atoms with Crippen LogP contribution in [0.15, 0.2) is 24.3 Å². The fourth-order valence-electron chi connectivity index (χ4n) is 1.90. The van der Waals surface area contributed by atoms with Gasteiger partial charge in [0.25, 0.3) is 0 Å². The maximum Gasteiger partial charge on any atom is 0.120 e. The van der Waals surface area contributed by atoms with E-state index < -0.39 is 0 Å². The van der Waals surface area contributed by atoms with E-state index in [1.54, 1.807) is 0 Å². The van der Waals surface area contributed by atoms with Crippen molar-refractivity contribution in [3.05, 3.63) is 29.8 Å². The van der Waals surface area contributed by atoms with E-state index in [-0.39, 0.29) is 6.61 Å². The molecule has 0 spiro atoms. The van der Waals surface area contributed by atoms with E-state index in [0.717, 1.165) is 30.8 Å². The Kier molecular flexibility index (Phi) is 3.23. The van der Waals surface area contributed by atoms with Gasteiger partial charge in [-0.15, -0.1) is 0 Å². The van der Waals surface area contributed by atoms with Crippen LogP contribution < -0.4 is 4.74 Å². The number of likely N-dealkylation sites (tertiary alicyclic amines) is 1. The highest BCUT2D eigenvalue weighted by Crippen LogP contribution is 2.18. The van der Waals surface area contributed by atoms with Gasteiger partial charge in [0.2, 0.25) is 0 Å². The van der Waals surface area contributed by atoms with Crippen molar-refractivity contribution in [1.29, 1.82) is 0 Å². The lowest BCUT2D eigenvalue weighted by atomic mass is 10.2. The van der Waals surface area contributed by atoms with Crippen LogP contribution in [0.25, 0.3) is 0 Å². The zero-order valence-corrected chi connectivity index (χ0v) is 9.02. The quantitative estimate of drug-likeness (QED) is 0.810. The van der Waals surface area contributed by atoms with Gasteiger partial charge in [0, 0.05) is 13.1 Å². The number of benzene rings is 1. The summed E-state index contributed by atoms with van der Waals surface area (Å²) in [5, 5.41) is 9.00. The van der Waals surface area contributed by atoms with E-state index in [2.05, 4.69) is 11.9 Å². The van der Waals surface area contributed by atoms with Crippen LogP contribution in [0.2, 0.25) is 0 Å². The average molecular weight is 207 g/mol. The molecule has 2 rings (SSSR count). The maximum absolute atomic E-state index is 9.00. The molecule has 1 aliphatic rings. The van der Waals surface area contributed by atoms with Gasteiger partial charge < -0.3 is 14.7 Å². The molecule has 1 aliphatic heterocycles. The predicted molar refractivity (Wildman–Crippen MR) is 58.9 cm³/mol.